The van der Waals surface area contributed by atoms with E-state index in [2.05, 4.69) is 26.1 Å². The van der Waals surface area contributed by atoms with Crippen LogP contribution in [0.2, 0.25) is 0 Å². The molecular formula is C21H38N2O5. The average Bonchev–Trinajstić information content (AvgIpc) is 2.68. The van der Waals surface area contributed by atoms with Gasteiger partial charge >= 0.3 is 5.97 Å². The second kappa shape index (κ2) is 13.5. The standard InChI is InChI=1S/C21H38N2O5/c1-5-6-7-11-22-20(25)18-8-12-23(13-9-18)19(24)15-28-21(26)17(4)27-14-10-16(2)3/h16-18H,5-15H2,1-4H3,(H,22,25). The first-order valence-corrected chi connectivity index (χ1v) is 10.7. The van der Waals surface area contributed by atoms with Gasteiger partial charge in [0, 0.05) is 32.2 Å². The second-order valence-electron chi connectivity index (χ2n) is 7.96. The minimum absolute atomic E-state index is 0.0393. The molecule has 1 saturated heterocycles. The van der Waals surface area contributed by atoms with Crippen LogP contribution in [0.1, 0.15) is 66.2 Å². The molecule has 162 valence electrons. The first kappa shape index (κ1) is 24.4. The largest absolute Gasteiger partial charge is 0.454 e. The van der Waals surface area contributed by atoms with Crippen molar-refractivity contribution in [3.8, 4) is 0 Å². The molecule has 1 unspecified atom stereocenters. The second-order valence-corrected chi connectivity index (χ2v) is 7.96. The zero-order valence-corrected chi connectivity index (χ0v) is 18.0. The van der Waals surface area contributed by atoms with Crippen molar-refractivity contribution in [3.63, 3.8) is 0 Å². The number of likely N-dealkylation sites (tertiary alicyclic amines) is 1. The van der Waals surface area contributed by atoms with Gasteiger partial charge in [0.05, 0.1) is 0 Å². The monoisotopic (exact) mass is 398 g/mol. The maximum absolute atomic E-state index is 12.3. The lowest BCUT2D eigenvalue weighted by molar-refractivity contribution is -0.161. The lowest BCUT2D eigenvalue weighted by Gasteiger charge is -2.31. The molecule has 1 N–H and O–H groups in total. The topological polar surface area (TPSA) is 84.9 Å². The van der Waals surface area contributed by atoms with E-state index in [0.29, 0.717) is 38.5 Å². The molecule has 1 fully saturated rings. The molecule has 0 radical (unpaired) electrons. The number of nitrogens with zero attached hydrogens (tertiary/aromatic N) is 1. The zero-order valence-electron chi connectivity index (χ0n) is 18.0. The Kier molecular flexibility index (Phi) is 11.8. The first-order chi connectivity index (χ1) is 13.3. The predicted molar refractivity (Wildman–Crippen MR) is 108 cm³/mol. The van der Waals surface area contributed by atoms with Gasteiger partial charge in [-0.1, -0.05) is 33.6 Å². The van der Waals surface area contributed by atoms with Crippen LogP contribution in [0.3, 0.4) is 0 Å². The van der Waals surface area contributed by atoms with E-state index in [1.54, 1.807) is 11.8 Å². The predicted octanol–water partition coefficient (Wildman–Crippen LogP) is 2.53. The molecule has 28 heavy (non-hydrogen) atoms. The van der Waals surface area contributed by atoms with Gasteiger partial charge in [-0.3, -0.25) is 9.59 Å². The summed E-state index contributed by atoms with van der Waals surface area (Å²) in [6.45, 7) is 9.92. The fourth-order valence-corrected chi connectivity index (χ4v) is 3.01. The van der Waals surface area contributed by atoms with Crippen molar-refractivity contribution in [1.82, 2.24) is 10.2 Å². The summed E-state index contributed by atoms with van der Waals surface area (Å²) in [4.78, 5) is 38.0. The van der Waals surface area contributed by atoms with Gasteiger partial charge in [0.25, 0.3) is 5.91 Å². The third-order valence-corrected chi connectivity index (χ3v) is 5.03. The SMILES string of the molecule is CCCCCNC(=O)C1CCN(C(=O)COC(=O)C(C)OCCC(C)C)CC1. The van der Waals surface area contributed by atoms with Crippen molar-refractivity contribution in [1.29, 1.82) is 0 Å². The summed E-state index contributed by atoms with van der Waals surface area (Å²) in [5.41, 5.74) is 0. The summed E-state index contributed by atoms with van der Waals surface area (Å²) in [6.07, 6.45) is 4.75. The number of rotatable bonds is 12. The van der Waals surface area contributed by atoms with Crippen LogP contribution in [0.5, 0.6) is 0 Å². The average molecular weight is 399 g/mol. The highest BCUT2D eigenvalue weighted by atomic mass is 16.6. The van der Waals surface area contributed by atoms with E-state index in [1.165, 1.54) is 0 Å². The molecule has 1 aliphatic heterocycles. The number of esters is 1. The summed E-state index contributed by atoms with van der Waals surface area (Å²) in [5.74, 6) is -0.182. The Labute approximate surface area is 169 Å². The van der Waals surface area contributed by atoms with E-state index in [9.17, 15) is 14.4 Å². The van der Waals surface area contributed by atoms with Crippen molar-refractivity contribution in [3.05, 3.63) is 0 Å². The number of piperidine rings is 1. The fraction of sp³-hybridized carbons (Fsp3) is 0.857. The van der Waals surface area contributed by atoms with E-state index >= 15 is 0 Å². The van der Waals surface area contributed by atoms with E-state index in [1.807, 2.05) is 0 Å². The number of carbonyl (C=O) groups is 3. The number of hydrogen-bond acceptors (Lipinski definition) is 5. The van der Waals surface area contributed by atoms with Crippen LogP contribution in [-0.4, -0.2) is 61.6 Å². The molecule has 0 aliphatic carbocycles. The Bertz CT molecular complexity index is 487. The van der Waals surface area contributed by atoms with Crippen LogP contribution in [-0.2, 0) is 23.9 Å². The van der Waals surface area contributed by atoms with Gasteiger partial charge in [-0.2, -0.15) is 0 Å². The van der Waals surface area contributed by atoms with E-state index < -0.39 is 12.1 Å². The van der Waals surface area contributed by atoms with Gasteiger partial charge in [-0.25, -0.2) is 4.79 Å². The molecule has 0 aromatic carbocycles. The highest BCUT2D eigenvalue weighted by Gasteiger charge is 2.28. The first-order valence-electron chi connectivity index (χ1n) is 10.7. The highest BCUT2D eigenvalue weighted by Crippen LogP contribution is 2.17. The van der Waals surface area contributed by atoms with E-state index in [-0.39, 0.29) is 24.3 Å². The van der Waals surface area contributed by atoms with Crippen LogP contribution >= 0.6 is 0 Å². The summed E-state index contributed by atoms with van der Waals surface area (Å²) in [7, 11) is 0. The number of amides is 2. The Morgan fingerprint density at radius 1 is 1.11 bits per heavy atom. The third kappa shape index (κ3) is 9.53. The van der Waals surface area contributed by atoms with Gasteiger partial charge in [-0.05, 0) is 38.5 Å². The Hall–Kier alpha value is -1.63. The molecule has 0 bridgehead atoms. The molecule has 0 aromatic heterocycles. The van der Waals surface area contributed by atoms with Gasteiger partial charge in [-0.15, -0.1) is 0 Å². The molecule has 2 amide bonds. The Morgan fingerprint density at radius 3 is 2.39 bits per heavy atom. The molecule has 1 rings (SSSR count). The fourth-order valence-electron chi connectivity index (χ4n) is 3.01. The number of hydrogen-bond donors (Lipinski definition) is 1. The van der Waals surface area contributed by atoms with Crippen LogP contribution in [0.4, 0.5) is 0 Å². The number of ether oxygens (including phenoxy) is 2. The number of nitrogens with one attached hydrogen (secondary N) is 1. The van der Waals surface area contributed by atoms with Crippen molar-refractivity contribution in [2.24, 2.45) is 11.8 Å². The van der Waals surface area contributed by atoms with Crippen LogP contribution in [0.25, 0.3) is 0 Å². The summed E-state index contributed by atoms with van der Waals surface area (Å²) in [5, 5.41) is 2.98. The van der Waals surface area contributed by atoms with E-state index in [4.69, 9.17) is 9.47 Å². The smallest absolute Gasteiger partial charge is 0.335 e. The zero-order chi connectivity index (χ0) is 20.9. The Balaban J connectivity index is 2.23. The van der Waals surface area contributed by atoms with Gasteiger partial charge in [0.1, 0.15) is 0 Å². The molecule has 7 nitrogen and oxygen atoms in total. The molecule has 0 spiro atoms. The molecule has 0 saturated carbocycles. The number of carbonyl (C=O) groups excluding carboxylic acids is 3. The lowest BCUT2D eigenvalue weighted by Crippen LogP contribution is -2.44. The molecule has 1 atom stereocenters. The molecule has 0 aromatic rings. The summed E-state index contributed by atoms with van der Waals surface area (Å²) >= 11 is 0. The van der Waals surface area contributed by atoms with Crippen molar-refractivity contribution in [2.45, 2.75) is 72.3 Å². The highest BCUT2D eigenvalue weighted by molar-refractivity contribution is 5.82. The van der Waals surface area contributed by atoms with Crippen molar-refractivity contribution < 1.29 is 23.9 Å². The lowest BCUT2D eigenvalue weighted by atomic mass is 9.96. The maximum atomic E-state index is 12.3. The van der Waals surface area contributed by atoms with Crippen LogP contribution < -0.4 is 5.32 Å². The summed E-state index contributed by atoms with van der Waals surface area (Å²) in [6, 6.07) is 0. The van der Waals surface area contributed by atoms with Crippen molar-refractivity contribution in [2.75, 3.05) is 32.8 Å². The minimum atomic E-state index is -0.673. The third-order valence-electron chi connectivity index (χ3n) is 5.03. The maximum Gasteiger partial charge on any atom is 0.335 e. The minimum Gasteiger partial charge on any atom is -0.454 e. The normalized spacial score (nSPS) is 16.1. The molecular weight excluding hydrogens is 360 g/mol. The van der Waals surface area contributed by atoms with Crippen molar-refractivity contribution >= 4 is 17.8 Å². The quantitative estimate of drug-likeness (QED) is 0.403. The molecule has 1 aliphatic rings. The number of unbranched alkanes of at least 4 members (excludes halogenated alkanes) is 2. The molecule has 7 heteroatoms. The van der Waals surface area contributed by atoms with E-state index in [0.717, 1.165) is 32.2 Å². The molecule has 1 heterocycles. The van der Waals surface area contributed by atoms with Crippen LogP contribution in [0.15, 0.2) is 0 Å². The van der Waals surface area contributed by atoms with Crippen LogP contribution in [0, 0.1) is 11.8 Å². The van der Waals surface area contributed by atoms with Gasteiger partial charge < -0.3 is 19.7 Å². The summed E-state index contributed by atoms with van der Waals surface area (Å²) < 4.78 is 10.5. The van der Waals surface area contributed by atoms with Gasteiger partial charge in [0.2, 0.25) is 5.91 Å². The Morgan fingerprint density at radius 2 is 1.79 bits per heavy atom. The van der Waals surface area contributed by atoms with Gasteiger partial charge in [0.15, 0.2) is 12.7 Å².